The third-order valence-corrected chi connectivity index (χ3v) is 4.55. The lowest BCUT2D eigenvalue weighted by molar-refractivity contribution is 0.00862. The minimum Gasteiger partial charge on any atom is -0.366 e. The summed E-state index contributed by atoms with van der Waals surface area (Å²) >= 11 is 0. The second-order valence-corrected chi connectivity index (χ2v) is 6.50. The molecule has 1 N–H and O–H groups in total. The van der Waals surface area contributed by atoms with Gasteiger partial charge >= 0.3 is 0 Å². The second kappa shape index (κ2) is 7.09. The lowest BCUT2D eigenvalue weighted by atomic mass is 10.2. The number of fused-ring (bicyclic) bond motifs is 1. The first-order valence-electron chi connectivity index (χ1n) is 8.44. The normalized spacial score (nSPS) is 20.9. The van der Waals surface area contributed by atoms with Gasteiger partial charge in [-0.15, -0.1) is 0 Å². The number of hydrogen-bond donors (Lipinski definition) is 1. The van der Waals surface area contributed by atoms with Gasteiger partial charge in [0.25, 0.3) is 0 Å². The molecule has 2 atom stereocenters. The summed E-state index contributed by atoms with van der Waals surface area (Å²) in [5, 5.41) is 0. The van der Waals surface area contributed by atoms with Gasteiger partial charge in [-0.25, -0.2) is 18.2 Å². The summed E-state index contributed by atoms with van der Waals surface area (Å²) in [6.45, 7) is 1.03. The summed E-state index contributed by atoms with van der Waals surface area (Å²) in [5.74, 6) is -0.121. The highest BCUT2D eigenvalue weighted by Gasteiger charge is 2.34. The van der Waals surface area contributed by atoms with Crippen LogP contribution < -0.4 is 0 Å². The molecule has 2 aromatic carbocycles. The molecule has 0 radical (unpaired) electrons. The molecule has 1 aliphatic heterocycles. The van der Waals surface area contributed by atoms with Crippen LogP contribution >= 0.6 is 0 Å². The van der Waals surface area contributed by atoms with E-state index in [2.05, 4.69) is 9.97 Å². The first kappa shape index (κ1) is 17.1. The van der Waals surface area contributed by atoms with Gasteiger partial charge in [0.05, 0.1) is 11.0 Å². The van der Waals surface area contributed by atoms with E-state index in [0.717, 1.165) is 0 Å². The first-order valence-corrected chi connectivity index (χ1v) is 8.44. The third kappa shape index (κ3) is 3.59. The van der Waals surface area contributed by atoms with Gasteiger partial charge in [-0.2, -0.15) is 0 Å². The van der Waals surface area contributed by atoms with E-state index < -0.39 is 12.3 Å². The molecule has 26 heavy (non-hydrogen) atoms. The molecule has 136 valence electrons. The van der Waals surface area contributed by atoms with Crippen LogP contribution in [0.2, 0.25) is 0 Å². The number of H-pyrrole nitrogens is 1. The molecule has 0 saturated carbocycles. The Labute approximate surface area is 148 Å². The smallest absolute Gasteiger partial charge is 0.140 e. The number of halogens is 3. The number of hydrogen-bond acceptors (Lipinski definition) is 3. The Balaban J connectivity index is 1.36. The van der Waals surface area contributed by atoms with Crippen LogP contribution in [0.25, 0.3) is 11.0 Å². The van der Waals surface area contributed by atoms with Crippen LogP contribution in [0.15, 0.2) is 42.5 Å². The SMILES string of the molecule is Fc1ccc2nc(CO[C@H]3CN(Cc4ccccc4F)C[C@H]3F)[nH]c2c1. The highest BCUT2D eigenvalue weighted by atomic mass is 19.1. The Morgan fingerprint density at radius 2 is 2.00 bits per heavy atom. The maximum atomic E-state index is 14.3. The number of nitrogens with zero attached hydrogens (tertiary/aromatic N) is 2. The van der Waals surface area contributed by atoms with E-state index in [-0.39, 0.29) is 24.8 Å². The highest BCUT2D eigenvalue weighted by molar-refractivity contribution is 5.74. The molecule has 0 amide bonds. The van der Waals surface area contributed by atoms with Crippen molar-refractivity contribution < 1.29 is 17.9 Å². The zero-order chi connectivity index (χ0) is 18.1. The Bertz CT molecular complexity index is 914. The van der Waals surface area contributed by atoms with E-state index in [0.29, 0.717) is 35.5 Å². The molecule has 1 aromatic heterocycles. The Kier molecular flexibility index (Phi) is 4.65. The average molecular weight is 361 g/mol. The van der Waals surface area contributed by atoms with Crippen molar-refractivity contribution in [2.75, 3.05) is 13.1 Å². The molecule has 4 nitrogen and oxygen atoms in total. The van der Waals surface area contributed by atoms with Gasteiger partial charge in [0.1, 0.15) is 36.3 Å². The van der Waals surface area contributed by atoms with Gasteiger partial charge in [0, 0.05) is 25.2 Å². The van der Waals surface area contributed by atoms with E-state index in [1.54, 1.807) is 24.3 Å². The predicted octanol–water partition coefficient (Wildman–Crippen LogP) is 3.58. The van der Waals surface area contributed by atoms with Gasteiger partial charge in [0.2, 0.25) is 0 Å². The molecule has 7 heteroatoms. The molecular weight excluding hydrogens is 343 g/mol. The Morgan fingerprint density at radius 3 is 2.85 bits per heavy atom. The molecular formula is C19H18F3N3O. The summed E-state index contributed by atoms with van der Waals surface area (Å²) in [6, 6.07) is 10.8. The number of imidazole rings is 1. The predicted molar refractivity (Wildman–Crippen MR) is 91.2 cm³/mol. The van der Waals surface area contributed by atoms with E-state index >= 15 is 0 Å². The Hall–Kier alpha value is -2.38. The fraction of sp³-hybridized carbons (Fsp3) is 0.316. The summed E-state index contributed by atoms with van der Waals surface area (Å²) in [4.78, 5) is 9.11. The maximum Gasteiger partial charge on any atom is 0.140 e. The van der Waals surface area contributed by atoms with Crippen molar-refractivity contribution in [3.63, 3.8) is 0 Å². The lowest BCUT2D eigenvalue weighted by Gasteiger charge is -2.16. The summed E-state index contributed by atoms with van der Waals surface area (Å²) in [6.07, 6.45) is -1.75. The van der Waals surface area contributed by atoms with Crippen LogP contribution in [0, 0.1) is 11.6 Å². The van der Waals surface area contributed by atoms with Crippen LogP contribution in [0.3, 0.4) is 0 Å². The van der Waals surface area contributed by atoms with Crippen molar-refractivity contribution in [3.8, 4) is 0 Å². The van der Waals surface area contributed by atoms with E-state index in [9.17, 15) is 13.2 Å². The van der Waals surface area contributed by atoms with E-state index in [4.69, 9.17) is 4.74 Å². The molecule has 0 unspecified atom stereocenters. The van der Waals surface area contributed by atoms with Gasteiger partial charge in [-0.05, 0) is 24.3 Å². The first-order chi connectivity index (χ1) is 12.6. The fourth-order valence-electron chi connectivity index (χ4n) is 3.25. The lowest BCUT2D eigenvalue weighted by Crippen LogP contribution is -2.24. The number of likely N-dealkylation sites (tertiary alicyclic amines) is 1. The van der Waals surface area contributed by atoms with Crippen molar-refractivity contribution in [2.24, 2.45) is 0 Å². The standard InChI is InChI=1S/C19H18F3N3O/c20-13-5-6-16-17(7-13)24-19(23-16)11-26-18-10-25(9-15(18)22)8-12-3-1-2-4-14(12)21/h1-7,15,18H,8-11H2,(H,23,24)/t15-,18+/m1/s1. The number of benzene rings is 2. The summed E-state index contributed by atoms with van der Waals surface area (Å²) in [5.41, 5.74) is 1.75. The van der Waals surface area contributed by atoms with Crippen LogP contribution in [-0.2, 0) is 17.9 Å². The minimum atomic E-state index is -1.15. The van der Waals surface area contributed by atoms with Crippen LogP contribution in [0.5, 0.6) is 0 Å². The molecule has 2 heterocycles. The van der Waals surface area contributed by atoms with Crippen molar-refractivity contribution in [3.05, 3.63) is 65.5 Å². The highest BCUT2D eigenvalue weighted by Crippen LogP contribution is 2.21. The topological polar surface area (TPSA) is 41.1 Å². The van der Waals surface area contributed by atoms with E-state index in [1.807, 2.05) is 4.90 Å². The van der Waals surface area contributed by atoms with Crippen LogP contribution in [0.1, 0.15) is 11.4 Å². The molecule has 1 fully saturated rings. The quantitative estimate of drug-likeness (QED) is 0.755. The van der Waals surface area contributed by atoms with Crippen LogP contribution in [-0.4, -0.2) is 40.2 Å². The number of aromatic amines is 1. The monoisotopic (exact) mass is 361 g/mol. The van der Waals surface area contributed by atoms with Crippen LogP contribution in [0.4, 0.5) is 13.2 Å². The largest absolute Gasteiger partial charge is 0.366 e. The zero-order valence-corrected chi connectivity index (χ0v) is 14.0. The molecule has 0 bridgehead atoms. The fourth-order valence-corrected chi connectivity index (χ4v) is 3.25. The summed E-state index contributed by atoms with van der Waals surface area (Å²) < 4.78 is 46.9. The van der Waals surface area contributed by atoms with E-state index in [1.165, 1.54) is 18.2 Å². The second-order valence-electron chi connectivity index (χ2n) is 6.50. The van der Waals surface area contributed by atoms with Gasteiger partial charge in [-0.3, -0.25) is 4.90 Å². The van der Waals surface area contributed by atoms with Crippen molar-refractivity contribution in [1.82, 2.24) is 14.9 Å². The molecule has 0 aliphatic carbocycles. The number of rotatable bonds is 5. The summed E-state index contributed by atoms with van der Waals surface area (Å²) in [7, 11) is 0. The molecule has 1 aliphatic rings. The maximum absolute atomic E-state index is 14.3. The molecule has 4 rings (SSSR count). The zero-order valence-electron chi connectivity index (χ0n) is 14.0. The number of alkyl halides is 1. The Morgan fingerprint density at radius 1 is 1.15 bits per heavy atom. The average Bonchev–Trinajstić information content (AvgIpc) is 3.17. The van der Waals surface area contributed by atoms with Gasteiger partial charge < -0.3 is 9.72 Å². The number of aromatic nitrogens is 2. The van der Waals surface area contributed by atoms with Crippen molar-refractivity contribution >= 4 is 11.0 Å². The molecule has 0 spiro atoms. The third-order valence-electron chi connectivity index (χ3n) is 4.55. The number of nitrogens with one attached hydrogen (secondary N) is 1. The van der Waals surface area contributed by atoms with Crippen molar-refractivity contribution in [2.45, 2.75) is 25.4 Å². The molecule has 1 saturated heterocycles. The van der Waals surface area contributed by atoms with Gasteiger partial charge in [-0.1, -0.05) is 18.2 Å². The minimum absolute atomic E-state index is 0.106. The van der Waals surface area contributed by atoms with Gasteiger partial charge in [0.15, 0.2) is 0 Å². The molecule has 3 aromatic rings. The number of ether oxygens (including phenoxy) is 1. The van der Waals surface area contributed by atoms with Crippen molar-refractivity contribution in [1.29, 1.82) is 0 Å².